The fourth-order valence-electron chi connectivity index (χ4n) is 3.01. The van der Waals surface area contributed by atoms with Gasteiger partial charge in [-0.3, -0.25) is 9.79 Å². The molecule has 27 heavy (non-hydrogen) atoms. The molecule has 0 aliphatic carbocycles. The van der Waals surface area contributed by atoms with E-state index in [1.807, 2.05) is 45.9 Å². The van der Waals surface area contributed by atoms with Crippen LogP contribution in [0.25, 0.3) is 0 Å². The van der Waals surface area contributed by atoms with Crippen molar-refractivity contribution in [1.29, 1.82) is 0 Å². The second-order valence-electron chi connectivity index (χ2n) is 7.71. The monoisotopic (exact) mass is 365 g/mol. The summed E-state index contributed by atoms with van der Waals surface area (Å²) in [5, 5.41) is 0. The zero-order valence-electron chi connectivity index (χ0n) is 18.3. The van der Waals surface area contributed by atoms with Gasteiger partial charge in [-0.25, -0.2) is 0 Å². The molecule has 0 aliphatic rings. The van der Waals surface area contributed by atoms with E-state index in [2.05, 4.69) is 57.0 Å². The molecular formula is C25H35NO. The number of Topliss-reactive ketones (excluding diaryl/α,β-unsaturated/α-hetero) is 1. The molecule has 0 fully saturated rings. The highest BCUT2D eigenvalue weighted by Crippen LogP contribution is 2.33. The van der Waals surface area contributed by atoms with Crippen molar-refractivity contribution < 1.29 is 4.79 Å². The average molecular weight is 366 g/mol. The predicted octanol–water partition coefficient (Wildman–Crippen LogP) is 7.06. The number of aliphatic imine (C=N–C) groups is 1. The van der Waals surface area contributed by atoms with Crippen LogP contribution in [0.4, 0.5) is 5.69 Å². The second kappa shape index (κ2) is 10.2. The van der Waals surface area contributed by atoms with Gasteiger partial charge in [0.05, 0.1) is 5.69 Å². The predicted molar refractivity (Wildman–Crippen MR) is 118 cm³/mol. The summed E-state index contributed by atoms with van der Waals surface area (Å²) in [5.74, 6) is 0.279. The lowest BCUT2D eigenvalue weighted by Gasteiger charge is -2.26. The number of nitrogens with zero attached hydrogens (tertiary/aromatic N) is 1. The first-order valence-corrected chi connectivity index (χ1v) is 9.84. The molecule has 0 unspecified atom stereocenters. The molecule has 2 aromatic rings. The molecule has 0 saturated heterocycles. The van der Waals surface area contributed by atoms with Crippen LogP contribution in [0.3, 0.4) is 0 Å². The summed E-state index contributed by atoms with van der Waals surface area (Å²) in [7, 11) is 0. The summed E-state index contributed by atoms with van der Waals surface area (Å²) in [4.78, 5) is 16.8. The number of carbonyl (C=O) groups excluding carboxylic acids is 1. The number of carbonyl (C=O) groups is 1. The molecule has 0 aliphatic heterocycles. The van der Waals surface area contributed by atoms with Gasteiger partial charge in [-0.15, -0.1) is 0 Å². The maximum absolute atomic E-state index is 12.2. The molecule has 0 atom stereocenters. The van der Waals surface area contributed by atoms with Crippen molar-refractivity contribution in [2.45, 2.75) is 73.6 Å². The van der Waals surface area contributed by atoms with Gasteiger partial charge in [-0.1, -0.05) is 55.8 Å². The van der Waals surface area contributed by atoms with Gasteiger partial charge < -0.3 is 0 Å². The SMILES string of the molecule is CCC(=O)C(C)(C)c1cc(C)c(N=C(C)CC)cc1C.Cc1ccccc1. The molecule has 0 radical (unpaired) electrons. The first-order chi connectivity index (χ1) is 12.6. The van der Waals surface area contributed by atoms with Crippen LogP contribution >= 0.6 is 0 Å². The number of aryl methyl sites for hydroxylation is 3. The standard InChI is InChI=1S/C18H27NO.C7H8/c1-8-14(5)19-16-11-12(3)15(10-13(16)4)18(6,7)17(20)9-2;1-7-5-3-2-4-6-7/h10-11H,8-9H2,1-7H3;2-6H,1H3. The Labute approximate surface area is 165 Å². The number of hydrogen-bond acceptors (Lipinski definition) is 2. The third-order valence-electron chi connectivity index (χ3n) is 5.00. The summed E-state index contributed by atoms with van der Waals surface area (Å²) in [6.45, 7) is 16.3. The highest BCUT2D eigenvalue weighted by molar-refractivity contribution is 5.90. The Morgan fingerprint density at radius 2 is 1.52 bits per heavy atom. The van der Waals surface area contributed by atoms with Crippen LogP contribution in [0.15, 0.2) is 47.5 Å². The van der Waals surface area contributed by atoms with E-state index in [1.165, 1.54) is 5.56 Å². The van der Waals surface area contributed by atoms with Crippen molar-refractivity contribution in [3.8, 4) is 0 Å². The number of rotatable bonds is 5. The Morgan fingerprint density at radius 1 is 0.926 bits per heavy atom. The Kier molecular flexibility index (Phi) is 8.62. The van der Waals surface area contributed by atoms with Gasteiger partial charge in [0, 0.05) is 17.5 Å². The molecule has 0 N–H and O–H groups in total. The molecule has 0 saturated carbocycles. The topological polar surface area (TPSA) is 29.4 Å². The second-order valence-corrected chi connectivity index (χ2v) is 7.71. The number of hydrogen-bond donors (Lipinski definition) is 0. The van der Waals surface area contributed by atoms with Crippen LogP contribution in [0.5, 0.6) is 0 Å². The van der Waals surface area contributed by atoms with Crippen molar-refractivity contribution in [3.05, 3.63) is 64.7 Å². The zero-order chi connectivity index (χ0) is 20.6. The molecule has 2 nitrogen and oxygen atoms in total. The van der Waals surface area contributed by atoms with E-state index in [0.717, 1.165) is 34.5 Å². The summed E-state index contributed by atoms with van der Waals surface area (Å²) < 4.78 is 0. The van der Waals surface area contributed by atoms with Crippen LogP contribution < -0.4 is 0 Å². The van der Waals surface area contributed by atoms with Crippen LogP contribution in [0.1, 0.15) is 69.7 Å². The van der Waals surface area contributed by atoms with Crippen molar-refractivity contribution in [2.24, 2.45) is 4.99 Å². The van der Waals surface area contributed by atoms with E-state index in [-0.39, 0.29) is 5.78 Å². The summed E-state index contributed by atoms with van der Waals surface area (Å²) in [6.07, 6.45) is 1.53. The van der Waals surface area contributed by atoms with Crippen LogP contribution in [-0.2, 0) is 10.2 Å². The van der Waals surface area contributed by atoms with Gasteiger partial charge >= 0.3 is 0 Å². The average Bonchev–Trinajstić information content (AvgIpc) is 2.64. The zero-order valence-corrected chi connectivity index (χ0v) is 18.3. The van der Waals surface area contributed by atoms with Crippen molar-refractivity contribution in [1.82, 2.24) is 0 Å². The third kappa shape index (κ3) is 6.46. The lowest BCUT2D eigenvalue weighted by atomic mass is 9.77. The highest BCUT2D eigenvalue weighted by atomic mass is 16.1. The molecule has 2 rings (SSSR count). The highest BCUT2D eigenvalue weighted by Gasteiger charge is 2.29. The minimum atomic E-state index is -0.425. The Bertz CT molecular complexity index is 785. The van der Waals surface area contributed by atoms with E-state index in [1.54, 1.807) is 0 Å². The molecule has 0 spiro atoms. The lowest BCUT2D eigenvalue weighted by Crippen LogP contribution is -2.29. The van der Waals surface area contributed by atoms with E-state index in [0.29, 0.717) is 6.42 Å². The molecule has 0 bridgehead atoms. The van der Waals surface area contributed by atoms with Crippen LogP contribution in [0, 0.1) is 20.8 Å². The molecule has 2 aromatic carbocycles. The van der Waals surface area contributed by atoms with E-state index in [4.69, 9.17) is 0 Å². The first-order valence-electron chi connectivity index (χ1n) is 9.84. The van der Waals surface area contributed by atoms with Crippen LogP contribution in [0.2, 0.25) is 0 Å². The van der Waals surface area contributed by atoms with Gasteiger partial charge in [0.2, 0.25) is 0 Å². The minimum Gasteiger partial charge on any atom is -0.299 e. The normalized spacial score (nSPS) is 11.6. The Balaban J connectivity index is 0.000000433. The van der Waals surface area contributed by atoms with E-state index >= 15 is 0 Å². The number of benzene rings is 2. The largest absolute Gasteiger partial charge is 0.299 e. The quantitative estimate of drug-likeness (QED) is 0.522. The van der Waals surface area contributed by atoms with E-state index in [9.17, 15) is 4.79 Å². The molecule has 146 valence electrons. The van der Waals surface area contributed by atoms with Gasteiger partial charge in [-0.2, -0.15) is 0 Å². The van der Waals surface area contributed by atoms with Crippen molar-refractivity contribution >= 4 is 17.2 Å². The van der Waals surface area contributed by atoms with Gasteiger partial charge in [0.25, 0.3) is 0 Å². The maximum Gasteiger partial charge on any atom is 0.142 e. The minimum absolute atomic E-state index is 0.279. The maximum atomic E-state index is 12.2. The molecule has 0 aromatic heterocycles. The Hall–Kier alpha value is -2.22. The van der Waals surface area contributed by atoms with Gasteiger partial charge in [0.15, 0.2) is 0 Å². The summed E-state index contributed by atoms with van der Waals surface area (Å²) >= 11 is 0. The van der Waals surface area contributed by atoms with E-state index < -0.39 is 5.41 Å². The first kappa shape index (κ1) is 22.8. The molecule has 0 heterocycles. The number of ketones is 1. The molecule has 2 heteroatoms. The smallest absolute Gasteiger partial charge is 0.142 e. The summed E-state index contributed by atoms with van der Waals surface area (Å²) in [5.41, 5.74) is 6.44. The van der Waals surface area contributed by atoms with Crippen LogP contribution in [-0.4, -0.2) is 11.5 Å². The Morgan fingerprint density at radius 3 is 1.96 bits per heavy atom. The third-order valence-corrected chi connectivity index (χ3v) is 5.00. The lowest BCUT2D eigenvalue weighted by molar-refractivity contribution is -0.123. The van der Waals surface area contributed by atoms with Gasteiger partial charge in [0.1, 0.15) is 5.78 Å². The fraction of sp³-hybridized carbons (Fsp3) is 0.440. The summed E-state index contributed by atoms with van der Waals surface area (Å²) in [6, 6.07) is 14.5. The van der Waals surface area contributed by atoms with Crippen molar-refractivity contribution in [2.75, 3.05) is 0 Å². The molecular weight excluding hydrogens is 330 g/mol. The van der Waals surface area contributed by atoms with Crippen molar-refractivity contribution in [3.63, 3.8) is 0 Å². The fourth-order valence-corrected chi connectivity index (χ4v) is 3.01. The van der Waals surface area contributed by atoms with Gasteiger partial charge in [-0.05, 0) is 70.7 Å². The molecule has 0 amide bonds.